The van der Waals surface area contributed by atoms with E-state index >= 15 is 0 Å². The third-order valence-electron chi connectivity index (χ3n) is 5.47. The van der Waals surface area contributed by atoms with Crippen molar-refractivity contribution < 1.29 is 19.1 Å². The smallest absolute Gasteiger partial charge is 0.311 e. The van der Waals surface area contributed by atoms with Gasteiger partial charge >= 0.3 is 5.97 Å². The van der Waals surface area contributed by atoms with Crippen LogP contribution in [0, 0.1) is 5.92 Å². The van der Waals surface area contributed by atoms with Gasteiger partial charge in [-0.05, 0) is 38.2 Å². The van der Waals surface area contributed by atoms with Crippen molar-refractivity contribution in [1.82, 2.24) is 10.2 Å². The van der Waals surface area contributed by atoms with E-state index in [0.717, 1.165) is 18.4 Å². The SMILES string of the molecule is CCOC(=O)[C@H]1C[C@]2(CCCCNC2=O)N(C(C)=O)[C@H]1c1ccccc1. The van der Waals surface area contributed by atoms with Crippen LogP contribution >= 0.6 is 0 Å². The molecular formula is C20H26N2O4. The van der Waals surface area contributed by atoms with Gasteiger partial charge in [0, 0.05) is 13.5 Å². The Morgan fingerprint density at radius 3 is 2.65 bits per heavy atom. The minimum Gasteiger partial charge on any atom is -0.466 e. The minimum atomic E-state index is -0.986. The predicted molar refractivity (Wildman–Crippen MR) is 96.0 cm³/mol. The number of hydrogen-bond donors (Lipinski definition) is 1. The van der Waals surface area contributed by atoms with E-state index in [1.165, 1.54) is 6.92 Å². The average Bonchev–Trinajstić information content (AvgIpc) is 2.88. The van der Waals surface area contributed by atoms with Gasteiger partial charge in [0.25, 0.3) is 0 Å². The van der Waals surface area contributed by atoms with Crippen LogP contribution in [0.15, 0.2) is 30.3 Å². The molecule has 1 aromatic carbocycles. The highest BCUT2D eigenvalue weighted by Crippen LogP contribution is 2.50. The van der Waals surface area contributed by atoms with Crippen LogP contribution in [-0.4, -0.2) is 41.4 Å². The molecule has 0 bridgehead atoms. The normalized spacial score (nSPS) is 28.5. The lowest BCUT2D eigenvalue weighted by Gasteiger charge is -2.38. The van der Waals surface area contributed by atoms with Crippen molar-refractivity contribution in [2.24, 2.45) is 5.92 Å². The Labute approximate surface area is 153 Å². The van der Waals surface area contributed by atoms with Crippen LogP contribution < -0.4 is 5.32 Å². The Hall–Kier alpha value is -2.37. The van der Waals surface area contributed by atoms with Crippen LogP contribution in [-0.2, 0) is 19.1 Å². The first-order valence-electron chi connectivity index (χ1n) is 9.31. The first kappa shape index (κ1) is 18.4. The van der Waals surface area contributed by atoms with E-state index in [9.17, 15) is 14.4 Å². The fourth-order valence-corrected chi connectivity index (χ4v) is 4.46. The molecule has 3 atom stereocenters. The Morgan fingerprint density at radius 2 is 2.00 bits per heavy atom. The lowest BCUT2D eigenvalue weighted by molar-refractivity contribution is -0.150. The molecule has 2 fully saturated rings. The molecule has 2 heterocycles. The maximum atomic E-state index is 13.0. The van der Waals surface area contributed by atoms with Crippen LogP contribution in [0.4, 0.5) is 0 Å². The average molecular weight is 358 g/mol. The first-order chi connectivity index (χ1) is 12.5. The van der Waals surface area contributed by atoms with Gasteiger partial charge in [-0.25, -0.2) is 0 Å². The van der Waals surface area contributed by atoms with Gasteiger partial charge in [0.1, 0.15) is 5.54 Å². The minimum absolute atomic E-state index is 0.155. The van der Waals surface area contributed by atoms with Gasteiger partial charge in [0.2, 0.25) is 11.8 Å². The van der Waals surface area contributed by atoms with E-state index < -0.39 is 17.5 Å². The molecule has 3 rings (SSSR count). The van der Waals surface area contributed by atoms with Crippen molar-refractivity contribution in [3.05, 3.63) is 35.9 Å². The molecule has 0 aliphatic carbocycles. The quantitative estimate of drug-likeness (QED) is 0.841. The number of esters is 1. The van der Waals surface area contributed by atoms with E-state index in [0.29, 0.717) is 19.4 Å². The molecule has 26 heavy (non-hydrogen) atoms. The van der Waals surface area contributed by atoms with Gasteiger partial charge in [-0.2, -0.15) is 0 Å². The predicted octanol–water partition coefficient (Wildman–Crippen LogP) is 2.20. The lowest BCUT2D eigenvalue weighted by atomic mass is 9.85. The summed E-state index contributed by atoms with van der Waals surface area (Å²) in [5.41, 5.74) is -0.130. The van der Waals surface area contributed by atoms with Crippen molar-refractivity contribution in [2.45, 2.75) is 51.1 Å². The number of likely N-dealkylation sites (tertiary alicyclic amines) is 1. The maximum absolute atomic E-state index is 13.0. The monoisotopic (exact) mass is 358 g/mol. The van der Waals surface area contributed by atoms with Gasteiger partial charge in [0.15, 0.2) is 0 Å². The molecule has 1 aromatic rings. The molecule has 2 aliphatic rings. The summed E-state index contributed by atoms with van der Waals surface area (Å²) in [6.07, 6.45) is 2.58. The van der Waals surface area contributed by atoms with E-state index in [1.807, 2.05) is 30.3 Å². The third kappa shape index (κ3) is 3.08. The summed E-state index contributed by atoms with van der Waals surface area (Å²) in [7, 11) is 0. The van der Waals surface area contributed by atoms with Crippen LogP contribution in [0.25, 0.3) is 0 Å². The summed E-state index contributed by atoms with van der Waals surface area (Å²) < 4.78 is 5.30. The molecule has 2 saturated heterocycles. The Bertz CT molecular complexity index is 690. The topological polar surface area (TPSA) is 75.7 Å². The number of ether oxygens (including phenoxy) is 1. The van der Waals surface area contributed by atoms with Crippen LogP contribution in [0.5, 0.6) is 0 Å². The Kier molecular flexibility index (Phi) is 5.30. The van der Waals surface area contributed by atoms with Crippen LogP contribution in [0.1, 0.15) is 51.1 Å². The van der Waals surface area contributed by atoms with Gasteiger partial charge in [0.05, 0.1) is 18.6 Å². The summed E-state index contributed by atoms with van der Waals surface area (Å²) in [5.74, 6) is -1.24. The maximum Gasteiger partial charge on any atom is 0.311 e. The van der Waals surface area contributed by atoms with Crippen molar-refractivity contribution >= 4 is 17.8 Å². The van der Waals surface area contributed by atoms with E-state index in [4.69, 9.17) is 4.74 Å². The zero-order chi connectivity index (χ0) is 18.7. The fraction of sp³-hybridized carbons (Fsp3) is 0.550. The lowest BCUT2D eigenvalue weighted by Crippen LogP contribution is -2.56. The van der Waals surface area contributed by atoms with Crippen molar-refractivity contribution in [3.8, 4) is 0 Å². The molecule has 0 saturated carbocycles. The number of benzene rings is 1. The highest BCUT2D eigenvalue weighted by molar-refractivity contribution is 5.94. The molecule has 2 amide bonds. The molecule has 1 N–H and O–H groups in total. The van der Waals surface area contributed by atoms with Gasteiger partial charge in [-0.3, -0.25) is 14.4 Å². The zero-order valence-electron chi connectivity index (χ0n) is 15.4. The second kappa shape index (κ2) is 7.48. The first-order valence-corrected chi connectivity index (χ1v) is 9.31. The van der Waals surface area contributed by atoms with Crippen LogP contribution in [0.3, 0.4) is 0 Å². The van der Waals surface area contributed by atoms with E-state index in [1.54, 1.807) is 11.8 Å². The highest BCUT2D eigenvalue weighted by Gasteiger charge is 2.59. The molecule has 140 valence electrons. The summed E-state index contributed by atoms with van der Waals surface area (Å²) in [6, 6.07) is 8.98. The van der Waals surface area contributed by atoms with Crippen molar-refractivity contribution in [1.29, 1.82) is 0 Å². The molecular weight excluding hydrogens is 332 g/mol. The number of amides is 2. The van der Waals surface area contributed by atoms with Gasteiger partial charge in [-0.1, -0.05) is 30.3 Å². The molecule has 6 heteroatoms. The number of carbonyl (C=O) groups is 3. The summed E-state index contributed by atoms with van der Waals surface area (Å²) in [6.45, 7) is 4.12. The third-order valence-corrected chi connectivity index (χ3v) is 5.47. The largest absolute Gasteiger partial charge is 0.466 e. The summed E-state index contributed by atoms with van der Waals surface area (Å²) in [5, 5.41) is 2.94. The van der Waals surface area contributed by atoms with Crippen LogP contribution in [0.2, 0.25) is 0 Å². The van der Waals surface area contributed by atoms with E-state index in [2.05, 4.69) is 5.32 Å². The molecule has 1 spiro atoms. The van der Waals surface area contributed by atoms with Crippen molar-refractivity contribution in [3.63, 3.8) is 0 Å². The standard InChI is InChI=1S/C20H26N2O4/c1-3-26-18(24)16-13-20(11-7-8-12-21-19(20)25)22(14(2)23)17(16)15-9-5-4-6-10-15/h4-6,9-10,16-17H,3,7-8,11-13H2,1-2H3,(H,21,25)/t16-,17-,20-/m0/s1. The van der Waals surface area contributed by atoms with Crippen molar-refractivity contribution in [2.75, 3.05) is 13.2 Å². The molecule has 6 nitrogen and oxygen atoms in total. The zero-order valence-corrected chi connectivity index (χ0v) is 15.4. The van der Waals surface area contributed by atoms with E-state index in [-0.39, 0.29) is 24.4 Å². The summed E-state index contributed by atoms with van der Waals surface area (Å²) >= 11 is 0. The fourth-order valence-electron chi connectivity index (χ4n) is 4.46. The number of nitrogens with one attached hydrogen (secondary N) is 1. The molecule has 0 unspecified atom stereocenters. The highest BCUT2D eigenvalue weighted by atomic mass is 16.5. The second-order valence-corrected chi connectivity index (χ2v) is 7.05. The summed E-state index contributed by atoms with van der Waals surface area (Å²) in [4.78, 5) is 40.0. The Morgan fingerprint density at radius 1 is 1.27 bits per heavy atom. The van der Waals surface area contributed by atoms with Gasteiger partial charge < -0.3 is 15.0 Å². The number of carbonyl (C=O) groups excluding carboxylic acids is 3. The van der Waals surface area contributed by atoms with Gasteiger partial charge in [-0.15, -0.1) is 0 Å². The molecule has 0 aromatic heterocycles. The number of hydrogen-bond acceptors (Lipinski definition) is 4. The number of rotatable bonds is 3. The second-order valence-electron chi connectivity index (χ2n) is 7.05. The Balaban J connectivity index is 2.11. The molecule has 0 radical (unpaired) electrons. The number of nitrogens with zero attached hydrogens (tertiary/aromatic N) is 1. The molecule has 2 aliphatic heterocycles.